The molecule has 4 nitrogen and oxygen atoms in total. The highest BCUT2D eigenvalue weighted by Gasteiger charge is 2.28. The van der Waals surface area contributed by atoms with Gasteiger partial charge in [-0.1, -0.05) is 58.3 Å². The van der Waals surface area contributed by atoms with Crippen molar-refractivity contribution in [2.24, 2.45) is 0 Å². The zero-order valence-corrected chi connectivity index (χ0v) is 19.5. The van der Waals surface area contributed by atoms with Gasteiger partial charge in [0, 0.05) is 18.4 Å². The number of hydrogen-bond acceptors (Lipinski definition) is 3. The summed E-state index contributed by atoms with van der Waals surface area (Å²) in [5.41, 5.74) is 1.08. The number of unbranched alkanes of at least 4 members (excludes halogenated alkanes) is 4. The minimum Gasteiger partial charge on any atom is -0.396 e. The monoisotopic (exact) mass is 458 g/mol. The van der Waals surface area contributed by atoms with Crippen LogP contribution in [0.4, 0.5) is 0 Å². The molecule has 0 saturated heterocycles. The van der Waals surface area contributed by atoms with Crippen LogP contribution in [0.5, 0.6) is 0 Å². The first-order valence-electron chi connectivity index (χ1n) is 10.6. The van der Waals surface area contributed by atoms with E-state index in [9.17, 15) is 9.90 Å². The minimum atomic E-state index is 0.0920. The van der Waals surface area contributed by atoms with Gasteiger partial charge in [0.15, 0.2) is 5.78 Å². The van der Waals surface area contributed by atoms with E-state index in [4.69, 9.17) is 5.11 Å². The number of quaternary nitrogens is 1. The van der Waals surface area contributed by atoms with Gasteiger partial charge in [-0.15, -0.1) is 0 Å². The average Bonchev–Trinajstić information content (AvgIpc) is 2.67. The first-order valence-corrected chi connectivity index (χ1v) is 11.8. The predicted molar refractivity (Wildman–Crippen MR) is 123 cm³/mol. The lowest BCUT2D eigenvalue weighted by Crippen LogP contribution is -2.54. The largest absolute Gasteiger partial charge is 0.396 e. The van der Waals surface area contributed by atoms with Crippen LogP contribution in [0.15, 0.2) is 36.0 Å². The van der Waals surface area contributed by atoms with Crippen molar-refractivity contribution in [1.29, 1.82) is 0 Å². The smallest absolute Gasteiger partial charge is 0.190 e. The van der Waals surface area contributed by atoms with Crippen LogP contribution < -0.4 is 0 Å². The third kappa shape index (κ3) is 14.3. The predicted octanol–water partition coefficient (Wildman–Crippen LogP) is 4.56. The second-order valence-corrected chi connectivity index (χ2v) is 8.30. The summed E-state index contributed by atoms with van der Waals surface area (Å²) in [6.45, 7) is 7.09. The van der Waals surface area contributed by atoms with Gasteiger partial charge in [0.05, 0.1) is 19.7 Å². The van der Waals surface area contributed by atoms with Crippen LogP contribution in [-0.4, -0.2) is 65.2 Å². The summed E-state index contributed by atoms with van der Waals surface area (Å²) in [5.74, 6) is 0.219. The molecule has 1 atom stereocenters. The Bertz CT molecular complexity index is 488. The lowest BCUT2D eigenvalue weighted by Gasteiger charge is -2.38. The van der Waals surface area contributed by atoms with Crippen molar-refractivity contribution in [3.8, 4) is 0 Å². The topological polar surface area (TPSA) is 57.5 Å². The van der Waals surface area contributed by atoms with Crippen molar-refractivity contribution >= 4 is 21.7 Å². The number of carbonyl (C=O) groups is 1. The van der Waals surface area contributed by atoms with Gasteiger partial charge in [-0.3, -0.25) is 4.79 Å². The summed E-state index contributed by atoms with van der Waals surface area (Å²) in [7, 11) is 0. The molecule has 0 aliphatic carbocycles. The molecular weight excluding hydrogens is 418 g/mol. The molecule has 0 fully saturated rings. The molecule has 0 aliphatic heterocycles. The van der Waals surface area contributed by atoms with Crippen molar-refractivity contribution in [1.82, 2.24) is 0 Å². The van der Waals surface area contributed by atoms with Crippen LogP contribution in [0.3, 0.4) is 0 Å². The number of aliphatic hydroxyl groups excluding tert-OH is 2. The van der Waals surface area contributed by atoms with Crippen molar-refractivity contribution < 1.29 is 19.5 Å². The highest BCUT2D eigenvalue weighted by Crippen LogP contribution is 2.15. The van der Waals surface area contributed by atoms with Crippen LogP contribution in [0.25, 0.3) is 0 Å². The Hall–Kier alpha value is -0.750. The fourth-order valence-corrected chi connectivity index (χ4v) is 3.74. The van der Waals surface area contributed by atoms with Crippen LogP contribution in [0.2, 0.25) is 0 Å². The molecule has 0 aromatic rings. The lowest BCUT2D eigenvalue weighted by molar-refractivity contribution is -0.921. The van der Waals surface area contributed by atoms with E-state index in [1.807, 2.05) is 44.2 Å². The second kappa shape index (κ2) is 18.3. The van der Waals surface area contributed by atoms with E-state index in [1.54, 1.807) is 0 Å². The molecule has 162 valence electrons. The number of Topliss-reactive ketones (excluding diaryl/α,β-unsaturated/α-hetero) is 1. The van der Waals surface area contributed by atoms with E-state index < -0.39 is 0 Å². The summed E-state index contributed by atoms with van der Waals surface area (Å²) >= 11 is 3.47. The third-order valence-electron chi connectivity index (χ3n) is 4.96. The molecule has 0 saturated carbocycles. The normalized spacial score (nSPS) is 14.8. The maximum Gasteiger partial charge on any atom is 0.190 e. The molecule has 0 aromatic carbocycles. The quantitative estimate of drug-likeness (QED) is 0.137. The fraction of sp³-hybridized carbons (Fsp3) is 0.696. The Morgan fingerprint density at radius 2 is 1.61 bits per heavy atom. The Kier molecular flexibility index (Phi) is 17.8. The number of alkyl halides is 1. The van der Waals surface area contributed by atoms with Crippen LogP contribution in [0.1, 0.15) is 58.8 Å². The molecule has 1 unspecified atom stereocenters. The average molecular weight is 459 g/mol. The van der Waals surface area contributed by atoms with Crippen molar-refractivity contribution in [2.45, 2.75) is 58.8 Å². The molecule has 0 aliphatic rings. The van der Waals surface area contributed by atoms with Crippen LogP contribution in [0, 0.1) is 0 Å². The van der Waals surface area contributed by atoms with Gasteiger partial charge in [-0.25, -0.2) is 0 Å². The Morgan fingerprint density at radius 3 is 2.21 bits per heavy atom. The van der Waals surface area contributed by atoms with Crippen LogP contribution in [-0.2, 0) is 4.79 Å². The molecule has 0 amide bonds. The highest BCUT2D eigenvalue weighted by molar-refractivity contribution is 9.09. The number of ketones is 1. The number of nitrogens with zero attached hydrogens (tertiary/aromatic N) is 1. The second-order valence-electron chi connectivity index (χ2n) is 7.50. The molecule has 0 bridgehead atoms. The standard InChI is InChI=1S/C23H41BrNO3/c1-3-4-7-12-22(2)13-14-23(28)21-25(18-20-27,17-10-11-19-26)16-9-6-5-8-15-24/h3-4,7,12-13,26-27H,5-6,8-11,14-21H2,1-2H3/q+1/b4-3+,12-7-,22-13+. The first kappa shape index (κ1) is 27.2. The van der Waals surface area contributed by atoms with Crippen molar-refractivity contribution in [3.05, 3.63) is 36.0 Å². The SMILES string of the molecule is C/C=C/C=C\C(C)=C\CC(=O)C[N+](CCO)(CCCCO)CCCCCCBr. The van der Waals surface area contributed by atoms with Crippen LogP contribution >= 0.6 is 15.9 Å². The van der Waals surface area contributed by atoms with E-state index in [1.165, 1.54) is 12.8 Å². The molecule has 28 heavy (non-hydrogen) atoms. The summed E-state index contributed by atoms with van der Waals surface area (Å²) in [6.07, 6.45) is 16.6. The number of hydrogen-bond donors (Lipinski definition) is 2. The van der Waals surface area contributed by atoms with E-state index >= 15 is 0 Å². The van der Waals surface area contributed by atoms with E-state index in [0.29, 0.717) is 24.0 Å². The van der Waals surface area contributed by atoms with Gasteiger partial charge in [0.25, 0.3) is 0 Å². The number of halogens is 1. The van der Waals surface area contributed by atoms with Gasteiger partial charge in [0.2, 0.25) is 0 Å². The maximum absolute atomic E-state index is 12.7. The van der Waals surface area contributed by atoms with Gasteiger partial charge in [0.1, 0.15) is 13.1 Å². The maximum atomic E-state index is 12.7. The fourth-order valence-electron chi connectivity index (χ4n) is 3.34. The van der Waals surface area contributed by atoms with E-state index in [0.717, 1.165) is 49.7 Å². The lowest BCUT2D eigenvalue weighted by atomic mass is 10.1. The third-order valence-corrected chi connectivity index (χ3v) is 5.52. The summed E-state index contributed by atoms with van der Waals surface area (Å²) in [6, 6.07) is 0. The molecule has 2 N–H and O–H groups in total. The Morgan fingerprint density at radius 1 is 0.929 bits per heavy atom. The van der Waals surface area contributed by atoms with Gasteiger partial charge >= 0.3 is 0 Å². The first-order chi connectivity index (χ1) is 13.5. The van der Waals surface area contributed by atoms with E-state index in [2.05, 4.69) is 15.9 Å². The van der Waals surface area contributed by atoms with Crippen molar-refractivity contribution in [2.75, 3.05) is 44.7 Å². The molecular formula is C23H41BrNO3+. The molecule has 0 spiro atoms. The highest BCUT2D eigenvalue weighted by atomic mass is 79.9. The van der Waals surface area contributed by atoms with Gasteiger partial charge < -0.3 is 14.7 Å². The number of rotatable bonds is 18. The number of aliphatic hydroxyl groups is 2. The van der Waals surface area contributed by atoms with E-state index in [-0.39, 0.29) is 19.0 Å². The zero-order chi connectivity index (χ0) is 21.1. The molecule has 0 rings (SSSR count). The zero-order valence-electron chi connectivity index (χ0n) is 17.9. The van der Waals surface area contributed by atoms with Gasteiger partial charge in [-0.05, 0) is 46.0 Å². The summed E-state index contributed by atoms with van der Waals surface area (Å²) < 4.78 is 0.644. The summed E-state index contributed by atoms with van der Waals surface area (Å²) in [4.78, 5) is 12.7. The molecule has 0 heterocycles. The summed E-state index contributed by atoms with van der Waals surface area (Å²) in [5, 5.41) is 19.8. The number of carbonyl (C=O) groups excluding carboxylic acids is 1. The molecule has 5 heteroatoms. The van der Waals surface area contributed by atoms with Crippen molar-refractivity contribution in [3.63, 3.8) is 0 Å². The molecule has 0 aromatic heterocycles. The minimum absolute atomic E-state index is 0.0920. The number of allylic oxidation sites excluding steroid dienone is 6. The van der Waals surface area contributed by atoms with Gasteiger partial charge in [-0.2, -0.15) is 0 Å². The Balaban J connectivity index is 4.92. The Labute approximate surface area is 180 Å². The molecule has 0 radical (unpaired) electrons.